The summed E-state index contributed by atoms with van der Waals surface area (Å²) in [5, 5.41) is 0. The Morgan fingerprint density at radius 2 is 2.50 bits per heavy atom. The van der Waals surface area contributed by atoms with Gasteiger partial charge in [0.1, 0.15) is 6.61 Å². The van der Waals surface area contributed by atoms with Crippen molar-refractivity contribution in [2.45, 2.75) is 0 Å². The average Bonchev–Trinajstić information content (AvgIpc) is 1.72. The molecule has 0 N–H and O–H groups in total. The summed E-state index contributed by atoms with van der Waals surface area (Å²) in [4.78, 5) is 0. The highest BCUT2D eigenvalue weighted by Crippen LogP contribution is 1.84. The molecular weight excluding hydrogens is 76.1 g/mol. The molecule has 1 nitrogen and oxygen atoms in total. The van der Waals surface area contributed by atoms with Crippen molar-refractivity contribution >= 4 is 0 Å². The molecule has 1 rings (SSSR count). The predicted octanol–water partition coefficient (Wildman–Crippen LogP) is 0.693. The molecule has 0 fully saturated rings. The molecule has 1 heteroatoms. The predicted molar refractivity (Wildman–Crippen MR) is 21.6 cm³/mol. The molecule has 0 bridgehead atoms. The quantitative estimate of drug-likeness (QED) is 0.416. The molecule has 0 saturated heterocycles. The fourth-order valence-electron chi connectivity index (χ4n) is 0.273. The van der Waals surface area contributed by atoms with Crippen molar-refractivity contribution in [2.75, 3.05) is 6.61 Å². The molecule has 0 saturated carbocycles. The topological polar surface area (TPSA) is 9.23 Å². The van der Waals surface area contributed by atoms with Crippen LogP contribution in [0.15, 0.2) is 12.2 Å². The van der Waals surface area contributed by atoms with Crippen molar-refractivity contribution in [2.24, 2.45) is 0 Å². The van der Waals surface area contributed by atoms with Crippen LogP contribution in [-0.4, -0.2) is 6.61 Å². The summed E-state index contributed by atoms with van der Waals surface area (Å²) in [5.74, 6) is 0. The van der Waals surface area contributed by atoms with Gasteiger partial charge in [0.25, 0.3) is 0 Å². The first-order chi connectivity index (χ1) is 3.00. The Bertz CT molecular complexity index is 69.9. The Labute approximate surface area is 36.9 Å². The maximum atomic E-state index is 4.62. The van der Waals surface area contributed by atoms with Gasteiger partial charge in [-0.2, -0.15) is 0 Å². The van der Waals surface area contributed by atoms with Crippen molar-refractivity contribution in [3.05, 3.63) is 24.5 Å². The van der Waals surface area contributed by atoms with Gasteiger partial charge in [-0.1, -0.05) is 6.08 Å². The lowest BCUT2D eigenvalue weighted by Gasteiger charge is -1.92. The summed E-state index contributed by atoms with van der Waals surface area (Å²) in [6.45, 7) is 0.552. The van der Waals surface area contributed by atoms with Crippen molar-refractivity contribution in [3.63, 3.8) is 0 Å². The van der Waals surface area contributed by atoms with Crippen LogP contribution >= 0.6 is 0 Å². The van der Waals surface area contributed by atoms with E-state index in [-0.39, 0.29) is 0 Å². The molecule has 0 amide bonds. The number of hydrogen-bond donors (Lipinski definition) is 0. The lowest BCUT2D eigenvalue weighted by Crippen LogP contribution is -1.84. The van der Waals surface area contributed by atoms with E-state index in [9.17, 15) is 0 Å². The fourth-order valence-corrected chi connectivity index (χ4v) is 0.273. The summed E-state index contributed by atoms with van der Waals surface area (Å²) in [6, 6.07) is 0. The van der Waals surface area contributed by atoms with Gasteiger partial charge < -0.3 is 4.74 Å². The van der Waals surface area contributed by atoms with Crippen LogP contribution in [0.4, 0.5) is 0 Å². The SMILES string of the molecule is [C]1=CC=[C]OC1. The molecule has 30 valence electrons. The minimum Gasteiger partial charge on any atom is -0.485 e. The van der Waals surface area contributed by atoms with E-state index in [0.717, 1.165) is 0 Å². The van der Waals surface area contributed by atoms with Gasteiger partial charge in [0.15, 0.2) is 6.26 Å². The van der Waals surface area contributed by atoms with E-state index in [2.05, 4.69) is 17.1 Å². The normalized spacial score (nSPS) is 17.3. The highest BCUT2D eigenvalue weighted by atomic mass is 16.5. The minimum atomic E-state index is 0.552. The summed E-state index contributed by atoms with van der Waals surface area (Å²) in [6.07, 6.45) is 8.83. The smallest absolute Gasteiger partial charge is 0.161 e. The van der Waals surface area contributed by atoms with E-state index < -0.39 is 0 Å². The summed E-state index contributed by atoms with van der Waals surface area (Å²) in [5.41, 5.74) is 0. The second-order valence-corrected chi connectivity index (χ2v) is 0.944. The monoisotopic (exact) mass is 80.0 g/mol. The zero-order valence-corrected chi connectivity index (χ0v) is 3.27. The molecule has 0 atom stereocenters. The van der Waals surface area contributed by atoms with Crippen LogP contribution < -0.4 is 0 Å². The van der Waals surface area contributed by atoms with Crippen LogP contribution in [0, 0.1) is 12.3 Å². The zero-order chi connectivity index (χ0) is 4.24. The van der Waals surface area contributed by atoms with E-state index in [4.69, 9.17) is 0 Å². The van der Waals surface area contributed by atoms with Crippen LogP contribution in [0.2, 0.25) is 0 Å². The zero-order valence-electron chi connectivity index (χ0n) is 3.27. The minimum absolute atomic E-state index is 0.552. The first-order valence-corrected chi connectivity index (χ1v) is 1.76. The van der Waals surface area contributed by atoms with Crippen LogP contribution in [0.1, 0.15) is 0 Å². The third-order valence-electron chi connectivity index (χ3n) is 0.508. The number of ether oxygens (including phenoxy) is 1. The third kappa shape index (κ3) is 0.612. The largest absolute Gasteiger partial charge is 0.485 e. The molecule has 0 aromatic rings. The van der Waals surface area contributed by atoms with Crippen LogP contribution in [0.3, 0.4) is 0 Å². The maximum Gasteiger partial charge on any atom is 0.161 e. The maximum absolute atomic E-state index is 4.62. The van der Waals surface area contributed by atoms with Crippen LogP contribution in [0.5, 0.6) is 0 Å². The van der Waals surface area contributed by atoms with Gasteiger partial charge in [0.2, 0.25) is 0 Å². The van der Waals surface area contributed by atoms with Crippen LogP contribution in [0.25, 0.3) is 0 Å². The third-order valence-corrected chi connectivity index (χ3v) is 0.508. The van der Waals surface area contributed by atoms with E-state index in [1.165, 1.54) is 0 Å². The van der Waals surface area contributed by atoms with Crippen molar-refractivity contribution in [3.8, 4) is 0 Å². The summed E-state index contributed by atoms with van der Waals surface area (Å²) in [7, 11) is 0. The molecule has 0 aromatic carbocycles. The molecule has 1 aliphatic heterocycles. The summed E-state index contributed by atoms with van der Waals surface area (Å²) < 4.78 is 4.62. The second kappa shape index (κ2) is 1.65. The Morgan fingerprint density at radius 3 is 2.67 bits per heavy atom. The summed E-state index contributed by atoms with van der Waals surface area (Å²) >= 11 is 0. The molecule has 1 heterocycles. The first kappa shape index (κ1) is 3.47. The number of allylic oxidation sites excluding steroid dienone is 2. The second-order valence-electron chi connectivity index (χ2n) is 0.944. The van der Waals surface area contributed by atoms with Crippen molar-refractivity contribution < 1.29 is 4.74 Å². The lowest BCUT2D eigenvalue weighted by atomic mass is 10.5. The van der Waals surface area contributed by atoms with Gasteiger partial charge in [-0.25, -0.2) is 0 Å². The van der Waals surface area contributed by atoms with Gasteiger partial charge in [-0.3, -0.25) is 0 Å². The van der Waals surface area contributed by atoms with E-state index in [0.29, 0.717) is 6.61 Å². The van der Waals surface area contributed by atoms with Gasteiger partial charge >= 0.3 is 0 Å². The molecule has 2 radical (unpaired) electrons. The average molecular weight is 80.1 g/mol. The van der Waals surface area contributed by atoms with Crippen molar-refractivity contribution in [1.82, 2.24) is 0 Å². The molecular formula is C5H4O. The van der Waals surface area contributed by atoms with E-state index in [1.54, 1.807) is 12.2 Å². The Kier molecular flexibility index (Phi) is 0.955. The Morgan fingerprint density at radius 1 is 1.50 bits per heavy atom. The van der Waals surface area contributed by atoms with E-state index in [1.807, 2.05) is 0 Å². The molecule has 6 heavy (non-hydrogen) atoms. The standard InChI is InChI=1S/C5H4O/c1-2-4-6-5-3-1/h1-2H,5H2. The highest BCUT2D eigenvalue weighted by molar-refractivity contribution is 4.95. The first-order valence-electron chi connectivity index (χ1n) is 1.76. The number of rotatable bonds is 0. The lowest BCUT2D eigenvalue weighted by molar-refractivity contribution is 0.257. The van der Waals surface area contributed by atoms with E-state index >= 15 is 0 Å². The van der Waals surface area contributed by atoms with Crippen molar-refractivity contribution in [1.29, 1.82) is 0 Å². The van der Waals surface area contributed by atoms with Crippen LogP contribution in [-0.2, 0) is 4.74 Å². The molecule has 1 aliphatic rings. The van der Waals surface area contributed by atoms with Gasteiger partial charge in [-0.05, 0) is 12.2 Å². The fraction of sp³-hybridized carbons (Fsp3) is 0.200. The highest BCUT2D eigenvalue weighted by Gasteiger charge is 1.78. The van der Waals surface area contributed by atoms with Gasteiger partial charge in [-0.15, -0.1) is 0 Å². The Hall–Kier alpha value is -0.720. The molecule has 0 aliphatic carbocycles. The Balaban J connectivity index is 2.46. The van der Waals surface area contributed by atoms with Gasteiger partial charge in [0.05, 0.1) is 0 Å². The number of hydrogen-bond acceptors (Lipinski definition) is 1. The molecule has 0 spiro atoms. The molecule has 0 aromatic heterocycles. The van der Waals surface area contributed by atoms with Gasteiger partial charge in [0, 0.05) is 0 Å². The molecule has 0 unspecified atom stereocenters.